The number of benzene rings is 2. The van der Waals surface area contributed by atoms with Crippen molar-refractivity contribution in [3.63, 3.8) is 0 Å². The Hall–Kier alpha value is -3.38. The van der Waals surface area contributed by atoms with Crippen LogP contribution in [0.1, 0.15) is 17.2 Å². The number of aliphatic hydroxyl groups is 1. The van der Waals surface area contributed by atoms with E-state index in [1.54, 1.807) is 24.3 Å². The number of nitrogens with zero attached hydrogens (tertiary/aromatic N) is 2. The molecule has 2 fully saturated rings. The number of imide groups is 1. The zero-order valence-corrected chi connectivity index (χ0v) is 19.2. The molecule has 3 aliphatic rings. The molecule has 2 saturated heterocycles. The fourth-order valence-corrected chi connectivity index (χ4v) is 5.56. The zero-order chi connectivity index (χ0) is 25.1. The van der Waals surface area contributed by atoms with Crippen molar-refractivity contribution < 1.29 is 29.2 Å². The van der Waals surface area contributed by atoms with E-state index in [0.717, 1.165) is 4.90 Å². The first-order valence-corrected chi connectivity index (χ1v) is 11.2. The average molecular weight is 501 g/mol. The summed E-state index contributed by atoms with van der Waals surface area (Å²) < 4.78 is 5.04. The van der Waals surface area contributed by atoms with E-state index in [1.807, 2.05) is 0 Å². The van der Waals surface area contributed by atoms with Crippen LogP contribution in [0.25, 0.3) is 0 Å². The van der Waals surface area contributed by atoms with E-state index in [2.05, 4.69) is 10.6 Å². The highest BCUT2D eigenvalue weighted by molar-refractivity contribution is 6.30. The first kappa shape index (κ1) is 23.4. The maximum Gasteiger partial charge on any atom is 0.269 e. The van der Waals surface area contributed by atoms with Crippen LogP contribution in [0.4, 0.5) is 11.4 Å². The van der Waals surface area contributed by atoms with Crippen LogP contribution in [-0.4, -0.2) is 59.0 Å². The number of likely N-dealkylation sites (tertiary alicyclic amines) is 1. The summed E-state index contributed by atoms with van der Waals surface area (Å²) in [6.07, 6.45) is -1.28. The van der Waals surface area contributed by atoms with Gasteiger partial charge < -0.3 is 15.2 Å². The van der Waals surface area contributed by atoms with Gasteiger partial charge in [-0.15, -0.1) is 0 Å². The number of halogens is 1. The molecule has 3 aliphatic heterocycles. The summed E-state index contributed by atoms with van der Waals surface area (Å²) in [5.74, 6) is -4.09. The van der Waals surface area contributed by atoms with Gasteiger partial charge in [0.2, 0.25) is 17.7 Å². The highest BCUT2D eigenvalue weighted by atomic mass is 35.5. The maximum atomic E-state index is 13.6. The highest BCUT2D eigenvalue weighted by Crippen LogP contribution is 2.55. The molecule has 3 N–H and O–H groups in total. The Bertz CT molecular complexity index is 1250. The minimum absolute atomic E-state index is 0.0234. The normalized spacial score (nSPS) is 27.8. The lowest BCUT2D eigenvalue weighted by Crippen LogP contribution is -2.54. The van der Waals surface area contributed by atoms with Gasteiger partial charge in [0.05, 0.1) is 42.1 Å². The molecule has 12 heteroatoms. The van der Waals surface area contributed by atoms with Crippen LogP contribution in [0.5, 0.6) is 0 Å². The molecule has 0 bridgehead atoms. The summed E-state index contributed by atoms with van der Waals surface area (Å²) in [4.78, 5) is 52.4. The van der Waals surface area contributed by atoms with Crippen molar-refractivity contribution in [2.24, 2.45) is 11.8 Å². The molecule has 182 valence electrons. The Labute approximate surface area is 204 Å². The number of anilines is 1. The summed E-state index contributed by atoms with van der Waals surface area (Å²) in [5, 5.41) is 29.0. The monoisotopic (exact) mass is 500 g/mol. The Morgan fingerprint density at radius 2 is 1.91 bits per heavy atom. The predicted octanol–water partition coefficient (Wildman–Crippen LogP) is 1.35. The van der Waals surface area contributed by atoms with E-state index in [1.165, 1.54) is 25.3 Å². The fourth-order valence-electron chi connectivity index (χ4n) is 5.43. The van der Waals surface area contributed by atoms with Gasteiger partial charge in [-0.05, 0) is 23.8 Å². The van der Waals surface area contributed by atoms with Crippen LogP contribution in [0.3, 0.4) is 0 Å². The van der Waals surface area contributed by atoms with Gasteiger partial charge in [-0.3, -0.25) is 34.7 Å². The molecule has 3 amide bonds. The predicted molar refractivity (Wildman–Crippen MR) is 122 cm³/mol. The third kappa shape index (κ3) is 3.34. The number of hydrogen-bond acceptors (Lipinski definition) is 8. The van der Waals surface area contributed by atoms with Crippen molar-refractivity contribution in [3.8, 4) is 0 Å². The van der Waals surface area contributed by atoms with Crippen LogP contribution >= 0.6 is 11.6 Å². The standard InChI is InChI=1S/C23H21ClN4O7/c1-35-9-8-27-20(30)16-17(21(27)31)23(26-18(16)19(29)11-2-4-12(24)5-3-11)14-10-13(28(33)34)6-7-15(14)25-22(23)32/h2-7,10,16-19,26,29H,8-9H2,1H3,(H,25,32)/t16-,17+,18-,19+,23+/m0/s1. The second-order valence-electron chi connectivity index (χ2n) is 8.74. The lowest BCUT2D eigenvalue weighted by Gasteiger charge is -2.30. The lowest BCUT2D eigenvalue weighted by atomic mass is 9.76. The molecular weight excluding hydrogens is 480 g/mol. The average Bonchev–Trinajstić information content (AvgIpc) is 3.42. The van der Waals surface area contributed by atoms with E-state index < -0.39 is 52.2 Å². The van der Waals surface area contributed by atoms with Gasteiger partial charge in [0.25, 0.3) is 5.69 Å². The molecule has 5 rings (SSSR count). The topological polar surface area (TPSA) is 151 Å². The smallest absolute Gasteiger partial charge is 0.269 e. The lowest BCUT2D eigenvalue weighted by molar-refractivity contribution is -0.384. The van der Waals surface area contributed by atoms with Gasteiger partial charge in [-0.1, -0.05) is 23.7 Å². The maximum absolute atomic E-state index is 13.6. The zero-order valence-electron chi connectivity index (χ0n) is 18.4. The van der Waals surface area contributed by atoms with E-state index in [9.17, 15) is 29.6 Å². The number of aliphatic hydroxyl groups excluding tert-OH is 1. The van der Waals surface area contributed by atoms with Crippen LogP contribution in [0.15, 0.2) is 42.5 Å². The highest BCUT2D eigenvalue weighted by Gasteiger charge is 2.71. The Balaban J connectivity index is 1.66. The molecular formula is C23H21ClN4O7. The Kier molecular flexibility index (Phi) is 5.59. The second kappa shape index (κ2) is 8.38. The molecule has 11 nitrogen and oxygen atoms in total. The summed E-state index contributed by atoms with van der Waals surface area (Å²) >= 11 is 5.97. The van der Waals surface area contributed by atoms with Crippen molar-refractivity contribution in [3.05, 3.63) is 68.7 Å². The molecule has 3 heterocycles. The first-order chi connectivity index (χ1) is 16.7. The third-order valence-corrected chi connectivity index (χ3v) is 7.26. The van der Waals surface area contributed by atoms with E-state index in [0.29, 0.717) is 16.3 Å². The van der Waals surface area contributed by atoms with E-state index in [-0.39, 0.29) is 24.4 Å². The van der Waals surface area contributed by atoms with Crippen LogP contribution in [-0.2, 0) is 24.7 Å². The number of non-ortho nitro benzene ring substituents is 1. The number of nitro groups is 1. The number of carbonyl (C=O) groups excluding carboxylic acids is 3. The number of nitro benzene ring substituents is 1. The van der Waals surface area contributed by atoms with Crippen molar-refractivity contribution in [2.45, 2.75) is 17.7 Å². The van der Waals surface area contributed by atoms with E-state index >= 15 is 0 Å². The van der Waals surface area contributed by atoms with Gasteiger partial charge in [0, 0.05) is 35.5 Å². The minimum Gasteiger partial charge on any atom is -0.387 e. The number of amides is 3. The molecule has 0 aromatic heterocycles. The van der Waals surface area contributed by atoms with Gasteiger partial charge in [0.1, 0.15) is 5.54 Å². The van der Waals surface area contributed by atoms with Crippen molar-refractivity contribution in [1.82, 2.24) is 10.2 Å². The molecule has 0 unspecified atom stereocenters. The largest absolute Gasteiger partial charge is 0.387 e. The van der Waals surface area contributed by atoms with Crippen LogP contribution in [0, 0.1) is 22.0 Å². The Morgan fingerprint density at radius 1 is 1.20 bits per heavy atom. The van der Waals surface area contributed by atoms with Crippen molar-refractivity contribution >= 4 is 40.7 Å². The molecule has 0 saturated carbocycles. The molecule has 5 atom stereocenters. The summed E-state index contributed by atoms with van der Waals surface area (Å²) in [7, 11) is 1.43. The minimum atomic E-state index is -1.78. The second-order valence-corrected chi connectivity index (χ2v) is 9.18. The SMILES string of the molecule is COCCN1C(=O)[C@@H]2[C@@H]([C@H](O)c3ccc(Cl)cc3)N[C@@]3(C(=O)Nc4ccc([N+](=O)[O-])cc43)[C@H]2C1=O. The molecule has 0 radical (unpaired) electrons. The number of methoxy groups -OCH3 is 1. The summed E-state index contributed by atoms with van der Waals surface area (Å²) in [5.41, 5.74) is -1.14. The number of ether oxygens (including phenoxy) is 1. The summed E-state index contributed by atoms with van der Waals surface area (Å²) in [6.45, 7) is 0.0699. The number of fused-ring (bicyclic) bond motifs is 4. The number of nitrogens with one attached hydrogen (secondary N) is 2. The van der Waals surface area contributed by atoms with Gasteiger partial charge >= 0.3 is 0 Å². The first-order valence-electron chi connectivity index (χ1n) is 10.9. The quantitative estimate of drug-likeness (QED) is 0.305. The number of hydrogen-bond donors (Lipinski definition) is 3. The van der Waals surface area contributed by atoms with Crippen molar-refractivity contribution in [1.29, 1.82) is 0 Å². The fraction of sp³-hybridized carbons (Fsp3) is 0.348. The van der Waals surface area contributed by atoms with Crippen LogP contribution in [0.2, 0.25) is 5.02 Å². The third-order valence-electron chi connectivity index (χ3n) is 7.01. The van der Waals surface area contributed by atoms with Gasteiger partial charge in [0.15, 0.2) is 0 Å². The summed E-state index contributed by atoms with van der Waals surface area (Å²) in [6, 6.07) is 9.16. The Morgan fingerprint density at radius 3 is 2.57 bits per heavy atom. The molecule has 2 aromatic carbocycles. The van der Waals surface area contributed by atoms with Gasteiger partial charge in [-0.25, -0.2) is 0 Å². The van der Waals surface area contributed by atoms with E-state index in [4.69, 9.17) is 16.3 Å². The molecule has 2 aromatic rings. The molecule has 1 spiro atoms. The number of carbonyl (C=O) groups is 3. The van der Waals surface area contributed by atoms with Crippen LogP contribution < -0.4 is 10.6 Å². The molecule has 0 aliphatic carbocycles. The van der Waals surface area contributed by atoms with Crippen molar-refractivity contribution in [2.75, 3.05) is 25.6 Å². The van der Waals surface area contributed by atoms with Gasteiger partial charge in [-0.2, -0.15) is 0 Å². The molecule has 35 heavy (non-hydrogen) atoms. The number of rotatable bonds is 6.